The summed E-state index contributed by atoms with van der Waals surface area (Å²) in [4.78, 5) is 22.7. The van der Waals surface area contributed by atoms with Crippen molar-refractivity contribution in [2.24, 2.45) is 0 Å². The SMILES string of the molecule is CC(C)OCC(=O)Nc1ccccc1-n1ccc(C(=O)O)n1. The second kappa shape index (κ2) is 6.86. The van der Waals surface area contributed by atoms with Crippen molar-refractivity contribution >= 4 is 17.6 Å². The molecule has 0 unspecified atom stereocenters. The van der Waals surface area contributed by atoms with Gasteiger partial charge in [-0.15, -0.1) is 0 Å². The molecule has 0 aliphatic rings. The maximum atomic E-state index is 11.9. The molecule has 116 valence electrons. The van der Waals surface area contributed by atoms with Crippen LogP contribution in [0.3, 0.4) is 0 Å². The molecule has 0 radical (unpaired) electrons. The summed E-state index contributed by atoms with van der Waals surface area (Å²) in [6, 6.07) is 8.38. The molecule has 0 aliphatic carbocycles. The van der Waals surface area contributed by atoms with Crippen molar-refractivity contribution in [3.63, 3.8) is 0 Å². The average molecular weight is 303 g/mol. The van der Waals surface area contributed by atoms with Crippen LogP contribution in [-0.4, -0.2) is 39.5 Å². The fraction of sp³-hybridized carbons (Fsp3) is 0.267. The quantitative estimate of drug-likeness (QED) is 0.850. The Hall–Kier alpha value is -2.67. The third-order valence-corrected chi connectivity index (χ3v) is 2.78. The maximum absolute atomic E-state index is 11.9. The average Bonchev–Trinajstić information content (AvgIpc) is 2.95. The number of rotatable bonds is 6. The highest BCUT2D eigenvalue weighted by atomic mass is 16.5. The van der Waals surface area contributed by atoms with Crippen molar-refractivity contribution in [2.75, 3.05) is 11.9 Å². The highest BCUT2D eigenvalue weighted by Crippen LogP contribution is 2.19. The van der Waals surface area contributed by atoms with Crippen LogP contribution in [0.15, 0.2) is 36.5 Å². The number of hydrogen-bond acceptors (Lipinski definition) is 4. The topological polar surface area (TPSA) is 93.5 Å². The van der Waals surface area contributed by atoms with Crippen LogP contribution in [0, 0.1) is 0 Å². The molecule has 1 aromatic heterocycles. The molecule has 1 heterocycles. The van der Waals surface area contributed by atoms with E-state index in [0.717, 1.165) is 0 Å². The van der Waals surface area contributed by atoms with Crippen molar-refractivity contribution in [1.29, 1.82) is 0 Å². The molecule has 0 atom stereocenters. The molecule has 2 rings (SSSR count). The molecule has 2 aromatic rings. The molecular weight excluding hydrogens is 286 g/mol. The Bertz CT molecular complexity index is 679. The van der Waals surface area contributed by atoms with Gasteiger partial charge in [-0.25, -0.2) is 9.48 Å². The first-order valence-electron chi connectivity index (χ1n) is 6.77. The number of aromatic carboxylic acids is 1. The zero-order valence-electron chi connectivity index (χ0n) is 12.3. The molecule has 0 fully saturated rings. The second-order valence-corrected chi connectivity index (χ2v) is 4.88. The van der Waals surface area contributed by atoms with Crippen LogP contribution in [0.5, 0.6) is 0 Å². The molecule has 7 heteroatoms. The number of anilines is 1. The van der Waals surface area contributed by atoms with Crippen molar-refractivity contribution in [2.45, 2.75) is 20.0 Å². The smallest absolute Gasteiger partial charge is 0.356 e. The molecule has 0 spiro atoms. The summed E-state index contributed by atoms with van der Waals surface area (Å²) < 4.78 is 6.65. The lowest BCUT2D eigenvalue weighted by Crippen LogP contribution is -2.21. The number of ether oxygens (including phenoxy) is 1. The van der Waals surface area contributed by atoms with E-state index in [-0.39, 0.29) is 24.3 Å². The van der Waals surface area contributed by atoms with E-state index in [0.29, 0.717) is 11.4 Å². The van der Waals surface area contributed by atoms with Gasteiger partial charge in [0.2, 0.25) is 5.91 Å². The molecule has 7 nitrogen and oxygen atoms in total. The van der Waals surface area contributed by atoms with Crippen molar-refractivity contribution in [1.82, 2.24) is 9.78 Å². The number of benzene rings is 1. The first kappa shape index (κ1) is 15.7. The number of aromatic nitrogens is 2. The van der Waals surface area contributed by atoms with E-state index >= 15 is 0 Å². The molecule has 0 bridgehead atoms. The number of carbonyl (C=O) groups excluding carboxylic acids is 1. The van der Waals surface area contributed by atoms with Crippen LogP contribution < -0.4 is 5.32 Å². The van der Waals surface area contributed by atoms with Gasteiger partial charge in [-0.1, -0.05) is 12.1 Å². The van der Waals surface area contributed by atoms with E-state index in [9.17, 15) is 9.59 Å². The van der Waals surface area contributed by atoms with Crippen LogP contribution >= 0.6 is 0 Å². The van der Waals surface area contributed by atoms with Crippen LogP contribution in [0.1, 0.15) is 24.3 Å². The van der Waals surface area contributed by atoms with E-state index in [4.69, 9.17) is 9.84 Å². The number of carbonyl (C=O) groups is 2. The number of para-hydroxylation sites is 2. The summed E-state index contributed by atoms with van der Waals surface area (Å²) in [6.45, 7) is 3.64. The fourth-order valence-corrected chi connectivity index (χ4v) is 1.78. The predicted octanol–water partition coefficient (Wildman–Crippen LogP) is 1.93. The van der Waals surface area contributed by atoms with Gasteiger partial charge in [-0.2, -0.15) is 5.10 Å². The van der Waals surface area contributed by atoms with Gasteiger partial charge < -0.3 is 15.2 Å². The molecule has 22 heavy (non-hydrogen) atoms. The predicted molar refractivity (Wildman–Crippen MR) is 80.2 cm³/mol. The number of carboxylic acids is 1. The number of amides is 1. The van der Waals surface area contributed by atoms with E-state index in [1.165, 1.54) is 16.9 Å². The molecule has 2 N–H and O–H groups in total. The first-order valence-corrected chi connectivity index (χ1v) is 6.77. The fourth-order valence-electron chi connectivity index (χ4n) is 1.78. The van der Waals surface area contributed by atoms with Gasteiger partial charge in [-0.3, -0.25) is 4.79 Å². The summed E-state index contributed by atoms with van der Waals surface area (Å²) in [5.74, 6) is -1.39. The molecule has 0 saturated carbocycles. The summed E-state index contributed by atoms with van der Waals surface area (Å²) in [7, 11) is 0. The van der Waals surface area contributed by atoms with Gasteiger partial charge in [0.15, 0.2) is 5.69 Å². The van der Waals surface area contributed by atoms with Crippen molar-refractivity contribution in [3.8, 4) is 5.69 Å². The Kier molecular flexibility index (Phi) is 4.90. The molecule has 0 aliphatic heterocycles. The molecular formula is C15H17N3O4. The Labute approximate surface area is 127 Å². The Morgan fingerprint density at radius 2 is 2.05 bits per heavy atom. The van der Waals surface area contributed by atoms with Gasteiger partial charge in [0.25, 0.3) is 0 Å². The lowest BCUT2D eigenvalue weighted by atomic mass is 10.2. The van der Waals surface area contributed by atoms with Crippen LogP contribution in [0.2, 0.25) is 0 Å². The summed E-state index contributed by atoms with van der Waals surface area (Å²) in [5.41, 5.74) is 1.04. The highest BCUT2D eigenvalue weighted by molar-refractivity contribution is 5.93. The maximum Gasteiger partial charge on any atom is 0.356 e. The van der Waals surface area contributed by atoms with Crippen LogP contribution in [0.25, 0.3) is 5.69 Å². The van der Waals surface area contributed by atoms with Gasteiger partial charge in [0.1, 0.15) is 6.61 Å². The zero-order chi connectivity index (χ0) is 16.1. The largest absolute Gasteiger partial charge is 0.476 e. The highest BCUT2D eigenvalue weighted by Gasteiger charge is 2.12. The normalized spacial score (nSPS) is 10.7. The van der Waals surface area contributed by atoms with E-state index < -0.39 is 5.97 Å². The van der Waals surface area contributed by atoms with Crippen LogP contribution in [0.4, 0.5) is 5.69 Å². The third kappa shape index (κ3) is 3.92. The standard InChI is InChI=1S/C15H17N3O4/c1-10(2)22-9-14(19)16-11-5-3-4-6-13(11)18-8-7-12(17-18)15(20)21/h3-8,10H,9H2,1-2H3,(H,16,19)(H,20,21). The van der Waals surface area contributed by atoms with Gasteiger partial charge in [-0.05, 0) is 32.0 Å². The lowest BCUT2D eigenvalue weighted by molar-refractivity contribution is -0.121. The van der Waals surface area contributed by atoms with E-state index in [1.807, 2.05) is 13.8 Å². The first-order chi connectivity index (χ1) is 10.5. The summed E-state index contributed by atoms with van der Waals surface area (Å²) in [5, 5.41) is 15.6. The molecule has 1 amide bonds. The van der Waals surface area contributed by atoms with Crippen LogP contribution in [-0.2, 0) is 9.53 Å². The van der Waals surface area contributed by atoms with E-state index in [2.05, 4.69) is 10.4 Å². The summed E-state index contributed by atoms with van der Waals surface area (Å²) in [6.07, 6.45) is 1.49. The monoisotopic (exact) mass is 303 g/mol. The number of nitrogens with one attached hydrogen (secondary N) is 1. The zero-order valence-corrected chi connectivity index (χ0v) is 12.3. The number of hydrogen-bond donors (Lipinski definition) is 2. The van der Waals surface area contributed by atoms with Gasteiger partial charge in [0, 0.05) is 6.20 Å². The minimum Gasteiger partial charge on any atom is -0.476 e. The minimum atomic E-state index is -1.11. The minimum absolute atomic E-state index is 0.0368. The van der Waals surface area contributed by atoms with E-state index in [1.54, 1.807) is 24.3 Å². The molecule has 0 saturated heterocycles. The van der Waals surface area contributed by atoms with Crippen molar-refractivity contribution < 1.29 is 19.4 Å². The summed E-state index contributed by atoms with van der Waals surface area (Å²) >= 11 is 0. The van der Waals surface area contributed by atoms with Gasteiger partial charge in [0.05, 0.1) is 17.5 Å². The Morgan fingerprint density at radius 3 is 2.68 bits per heavy atom. The lowest BCUT2D eigenvalue weighted by Gasteiger charge is -2.12. The molecule has 1 aromatic carbocycles. The second-order valence-electron chi connectivity index (χ2n) is 4.88. The Morgan fingerprint density at radius 1 is 1.32 bits per heavy atom. The van der Waals surface area contributed by atoms with Gasteiger partial charge >= 0.3 is 5.97 Å². The van der Waals surface area contributed by atoms with Crippen molar-refractivity contribution in [3.05, 3.63) is 42.2 Å². The number of nitrogens with zero attached hydrogens (tertiary/aromatic N) is 2. The Balaban J connectivity index is 2.19. The third-order valence-electron chi connectivity index (χ3n) is 2.78. The number of carboxylic acid groups (broad SMARTS) is 1.